The van der Waals surface area contributed by atoms with Crippen LogP contribution >= 0.6 is 0 Å². The molecule has 0 aliphatic carbocycles. The molecular formula is C12H20F2N2. The first-order valence-electron chi connectivity index (χ1n) is 5.98. The second-order valence-electron chi connectivity index (χ2n) is 4.82. The Labute approximate surface area is 96.2 Å². The quantitative estimate of drug-likeness (QED) is 0.742. The van der Waals surface area contributed by atoms with Crippen molar-refractivity contribution in [1.29, 1.82) is 5.26 Å². The summed E-state index contributed by atoms with van der Waals surface area (Å²) < 4.78 is 25.4. The highest BCUT2D eigenvalue weighted by atomic mass is 19.3. The molecule has 0 amide bonds. The molecular weight excluding hydrogens is 210 g/mol. The lowest BCUT2D eigenvalue weighted by molar-refractivity contribution is 0.00342. The van der Waals surface area contributed by atoms with Crippen molar-refractivity contribution in [3.05, 3.63) is 0 Å². The number of nitrogens with zero attached hydrogens (tertiary/aromatic N) is 2. The molecule has 1 unspecified atom stereocenters. The molecule has 0 bridgehead atoms. The van der Waals surface area contributed by atoms with Gasteiger partial charge in [0.1, 0.15) is 0 Å². The van der Waals surface area contributed by atoms with Crippen LogP contribution in [0.15, 0.2) is 0 Å². The molecule has 1 atom stereocenters. The minimum atomic E-state index is -2.56. The van der Waals surface area contributed by atoms with E-state index in [1.54, 1.807) is 0 Å². The van der Waals surface area contributed by atoms with Gasteiger partial charge >= 0.3 is 0 Å². The van der Waals surface area contributed by atoms with Gasteiger partial charge in [-0.3, -0.25) is 0 Å². The fourth-order valence-electron chi connectivity index (χ4n) is 2.14. The highest BCUT2D eigenvalue weighted by Gasteiger charge is 2.23. The number of hydrogen-bond donors (Lipinski definition) is 0. The topological polar surface area (TPSA) is 27.0 Å². The van der Waals surface area contributed by atoms with E-state index in [2.05, 4.69) is 11.0 Å². The number of hydrogen-bond acceptors (Lipinski definition) is 2. The van der Waals surface area contributed by atoms with Crippen molar-refractivity contribution in [2.45, 2.75) is 45.0 Å². The lowest BCUT2D eigenvalue weighted by Gasteiger charge is -2.21. The molecule has 1 aliphatic heterocycles. The molecule has 4 heteroatoms. The highest BCUT2D eigenvalue weighted by molar-refractivity contribution is 4.79. The Morgan fingerprint density at radius 3 is 2.75 bits per heavy atom. The van der Waals surface area contributed by atoms with E-state index in [-0.39, 0.29) is 6.42 Å². The summed E-state index contributed by atoms with van der Waals surface area (Å²) in [5, 5.41) is 8.62. The Balaban J connectivity index is 2.28. The maximum absolute atomic E-state index is 12.7. The first kappa shape index (κ1) is 13.4. The zero-order valence-corrected chi connectivity index (χ0v) is 9.88. The molecule has 0 aromatic carbocycles. The van der Waals surface area contributed by atoms with E-state index in [1.807, 2.05) is 0 Å². The minimum absolute atomic E-state index is 0.0596. The first-order chi connectivity index (χ1) is 7.51. The lowest BCUT2D eigenvalue weighted by Crippen LogP contribution is -2.29. The zero-order chi connectivity index (χ0) is 12.0. The van der Waals surface area contributed by atoms with Crippen LogP contribution in [0.3, 0.4) is 0 Å². The van der Waals surface area contributed by atoms with Crippen LogP contribution in [0.4, 0.5) is 8.78 Å². The van der Waals surface area contributed by atoms with E-state index in [1.165, 1.54) is 0 Å². The summed E-state index contributed by atoms with van der Waals surface area (Å²) in [4.78, 5) is 2.11. The van der Waals surface area contributed by atoms with E-state index in [0.717, 1.165) is 39.3 Å². The number of nitriles is 1. The molecule has 1 fully saturated rings. The molecule has 0 spiro atoms. The summed E-state index contributed by atoms with van der Waals surface area (Å²) in [5.74, 6) is -2.09. The summed E-state index contributed by atoms with van der Waals surface area (Å²) >= 11 is 0. The number of likely N-dealkylation sites (tertiary alicyclic amines) is 1. The van der Waals surface area contributed by atoms with Gasteiger partial charge in [-0.25, -0.2) is 8.78 Å². The van der Waals surface area contributed by atoms with Crippen molar-refractivity contribution in [2.75, 3.05) is 19.6 Å². The van der Waals surface area contributed by atoms with Gasteiger partial charge in [0.05, 0.1) is 6.07 Å². The summed E-state index contributed by atoms with van der Waals surface area (Å²) in [7, 11) is 0. The van der Waals surface area contributed by atoms with Gasteiger partial charge < -0.3 is 4.90 Å². The number of rotatable bonds is 4. The van der Waals surface area contributed by atoms with E-state index in [9.17, 15) is 8.78 Å². The predicted octanol–water partition coefficient (Wildman–Crippen LogP) is 3.05. The second-order valence-corrected chi connectivity index (χ2v) is 4.82. The second kappa shape index (κ2) is 6.15. The van der Waals surface area contributed by atoms with E-state index in [0.29, 0.717) is 18.9 Å². The third-order valence-electron chi connectivity index (χ3n) is 3.19. The Kier molecular flexibility index (Phi) is 5.14. The van der Waals surface area contributed by atoms with Gasteiger partial charge in [-0.15, -0.1) is 0 Å². The fraction of sp³-hybridized carbons (Fsp3) is 0.917. The molecule has 1 aliphatic rings. The molecule has 0 aromatic rings. The van der Waals surface area contributed by atoms with Crippen LogP contribution in [0.5, 0.6) is 0 Å². The Morgan fingerprint density at radius 1 is 1.38 bits per heavy atom. The molecule has 1 saturated heterocycles. The maximum atomic E-state index is 12.7. The Bertz CT molecular complexity index is 242. The van der Waals surface area contributed by atoms with Crippen LogP contribution in [0.2, 0.25) is 0 Å². The largest absolute Gasteiger partial charge is 0.303 e. The SMILES string of the molecule is CC(F)(F)CCN1CCCC(CC#N)CC1. The average molecular weight is 230 g/mol. The van der Waals surface area contributed by atoms with Crippen molar-refractivity contribution >= 4 is 0 Å². The van der Waals surface area contributed by atoms with E-state index < -0.39 is 5.92 Å². The summed E-state index contributed by atoms with van der Waals surface area (Å²) in [6.07, 6.45) is 3.62. The van der Waals surface area contributed by atoms with Crippen LogP contribution < -0.4 is 0 Å². The molecule has 1 heterocycles. The van der Waals surface area contributed by atoms with Crippen molar-refractivity contribution in [3.8, 4) is 6.07 Å². The van der Waals surface area contributed by atoms with Crippen molar-refractivity contribution < 1.29 is 8.78 Å². The highest BCUT2D eigenvalue weighted by Crippen LogP contribution is 2.22. The van der Waals surface area contributed by atoms with E-state index in [4.69, 9.17) is 5.26 Å². The van der Waals surface area contributed by atoms with Crippen molar-refractivity contribution in [1.82, 2.24) is 4.90 Å². The summed E-state index contributed by atoms with van der Waals surface area (Å²) in [5.41, 5.74) is 0. The number of halogens is 2. The molecule has 0 radical (unpaired) electrons. The zero-order valence-electron chi connectivity index (χ0n) is 9.88. The monoisotopic (exact) mass is 230 g/mol. The molecule has 2 nitrogen and oxygen atoms in total. The fourth-order valence-corrected chi connectivity index (χ4v) is 2.14. The number of alkyl halides is 2. The third-order valence-corrected chi connectivity index (χ3v) is 3.19. The van der Waals surface area contributed by atoms with Crippen LogP contribution in [0.25, 0.3) is 0 Å². The Hall–Kier alpha value is -0.690. The molecule has 0 aromatic heterocycles. The minimum Gasteiger partial charge on any atom is -0.303 e. The Morgan fingerprint density at radius 2 is 2.12 bits per heavy atom. The van der Waals surface area contributed by atoms with Crippen molar-refractivity contribution in [3.63, 3.8) is 0 Å². The molecule has 0 N–H and O–H groups in total. The molecule has 0 saturated carbocycles. The molecule has 92 valence electrons. The van der Waals surface area contributed by atoms with Gasteiger partial charge in [0.2, 0.25) is 5.92 Å². The van der Waals surface area contributed by atoms with Gasteiger partial charge in [-0.05, 0) is 45.2 Å². The maximum Gasteiger partial charge on any atom is 0.246 e. The first-order valence-corrected chi connectivity index (χ1v) is 5.98. The van der Waals surface area contributed by atoms with Gasteiger partial charge in [-0.1, -0.05) is 0 Å². The van der Waals surface area contributed by atoms with Crippen LogP contribution in [0, 0.1) is 17.2 Å². The van der Waals surface area contributed by atoms with Gasteiger partial charge in [0.15, 0.2) is 0 Å². The predicted molar refractivity (Wildman–Crippen MR) is 59.2 cm³/mol. The average Bonchev–Trinajstić information content (AvgIpc) is 2.40. The smallest absolute Gasteiger partial charge is 0.246 e. The summed E-state index contributed by atoms with van der Waals surface area (Å²) in [6, 6.07) is 2.20. The third kappa shape index (κ3) is 5.41. The van der Waals surface area contributed by atoms with Crippen LogP contribution in [0.1, 0.15) is 39.0 Å². The standard InChI is InChI=1S/C12H20F2N2/c1-12(13,14)6-10-16-8-2-3-11(4-7-15)5-9-16/h11H,2-6,8-10H2,1H3. The van der Waals surface area contributed by atoms with Crippen molar-refractivity contribution in [2.24, 2.45) is 5.92 Å². The van der Waals surface area contributed by atoms with E-state index >= 15 is 0 Å². The molecule has 1 rings (SSSR count). The van der Waals surface area contributed by atoms with Gasteiger partial charge in [-0.2, -0.15) is 5.26 Å². The normalized spacial score (nSPS) is 23.8. The van der Waals surface area contributed by atoms with Gasteiger partial charge in [0.25, 0.3) is 0 Å². The van der Waals surface area contributed by atoms with Gasteiger partial charge in [0, 0.05) is 19.4 Å². The van der Waals surface area contributed by atoms with Crippen LogP contribution in [-0.2, 0) is 0 Å². The summed E-state index contributed by atoms with van der Waals surface area (Å²) in [6.45, 7) is 3.21. The molecule has 16 heavy (non-hydrogen) atoms. The lowest BCUT2D eigenvalue weighted by atomic mass is 9.98. The van der Waals surface area contributed by atoms with Crippen LogP contribution in [-0.4, -0.2) is 30.5 Å².